The van der Waals surface area contributed by atoms with Gasteiger partial charge in [-0.25, -0.2) is 0 Å². The van der Waals surface area contributed by atoms with Gasteiger partial charge >= 0.3 is 0 Å². The highest BCUT2D eigenvalue weighted by Crippen LogP contribution is 2.29. The van der Waals surface area contributed by atoms with Crippen molar-refractivity contribution in [3.63, 3.8) is 0 Å². The molecule has 7 nitrogen and oxygen atoms in total. The Kier molecular flexibility index (Phi) is 5.32. The number of carbonyl (C=O) groups excluding carboxylic acids is 1. The molecule has 7 heteroatoms. The highest BCUT2D eigenvalue weighted by molar-refractivity contribution is 5.77. The molecule has 1 aliphatic rings. The summed E-state index contributed by atoms with van der Waals surface area (Å²) < 4.78 is 0. The lowest BCUT2D eigenvalue weighted by Gasteiger charge is -2.28. The first-order valence-electron chi connectivity index (χ1n) is 7.45. The van der Waals surface area contributed by atoms with Crippen molar-refractivity contribution < 1.29 is 14.8 Å². The largest absolute Gasteiger partial charge is 0.394 e. The normalized spacial score (nSPS) is 16.2. The summed E-state index contributed by atoms with van der Waals surface area (Å²) in [7, 11) is 0. The third-order valence-electron chi connectivity index (χ3n) is 4.04. The molecule has 0 aromatic heterocycles. The maximum absolute atomic E-state index is 12.0. The van der Waals surface area contributed by atoms with E-state index in [2.05, 4.69) is 10.6 Å². The van der Waals surface area contributed by atoms with E-state index >= 15 is 0 Å². The Morgan fingerprint density at radius 3 is 2.64 bits per heavy atom. The predicted molar refractivity (Wildman–Crippen MR) is 82.6 cm³/mol. The molecule has 3 N–H and O–H groups in total. The van der Waals surface area contributed by atoms with Crippen LogP contribution in [-0.4, -0.2) is 34.6 Å². The average Bonchev–Trinajstić information content (AvgIpc) is 2.96. The van der Waals surface area contributed by atoms with Crippen LogP contribution in [0.4, 0.5) is 11.4 Å². The SMILES string of the molecule is O=C(CCNc1ccccc1[N+](=O)[O-])NC1(CO)CCCC1. The van der Waals surface area contributed by atoms with Gasteiger partial charge in [0, 0.05) is 19.0 Å². The fourth-order valence-corrected chi connectivity index (χ4v) is 2.83. The number of amides is 1. The third-order valence-corrected chi connectivity index (χ3v) is 4.04. The molecule has 2 rings (SSSR count). The van der Waals surface area contributed by atoms with Crippen LogP contribution >= 0.6 is 0 Å². The molecule has 0 atom stereocenters. The van der Waals surface area contributed by atoms with Gasteiger partial charge in [-0.3, -0.25) is 14.9 Å². The molecule has 0 aliphatic heterocycles. The van der Waals surface area contributed by atoms with Gasteiger partial charge in [0.05, 0.1) is 17.1 Å². The smallest absolute Gasteiger partial charge is 0.292 e. The maximum atomic E-state index is 12.0. The second-order valence-electron chi connectivity index (χ2n) is 5.64. The number of nitrogens with zero attached hydrogens (tertiary/aromatic N) is 1. The second-order valence-corrected chi connectivity index (χ2v) is 5.64. The van der Waals surface area contributed by atoms with E-state index in [-0.39, 0.29) is 24.6 Å². The molecule has 0 spiro atoms. The van der Waals surface area contributed by atoms with Crippen LogP contribution < -0.4 is 10.6 Å². The summed E-state index contributed by atoms with van der Waals surface area (Å²) in [5.41, 5.74) is -0.0842. The molecule has 0 bridgehead atoms. The van der Waals surface area contributed by atoms with Crippen molar-refractivity contribution in [2.45, 2.75) is 37.6 Å². The van der Waals surface area contributed by atoms with Gasteiger partial charge in [0.1, 0.15) is 5.69 Å². The first-order chi connectivity index (χ1) is 10.6. The molecule has 0 saturated heterocycles. The summed E-state index contributed by atoms with van der Waals surface area (Å²) in [6.07, 6.45) is 3.82. The van der Waals surface area contributed by atoms with Crippen molar-refractivity contribution in [2.75, 3.05) is 18.5 Å². The van der Waals surface area contributed by atoms with Crippen LogP contribution in [0.2, 0.25) is 0 Å². The Hall–Kier alpha value is -2.15. The summed E-state index contributed by atoms with van der Waals surface area (Å²) in [5.74, 6) is -0.151. The summed E-state index contributed by atoms with van der Waals surface area (Å²) in [5, 5.41) is 26.2. The van der Waals surface area contributed by atoms with E-state index in [4.69, 9.17) is 0 Å². The van der Waals surface area contributed by atoms with E-state index in [1.54, 1.807) is 18.2 Å². The summed E-state index contributed by atoms with van der Waals surface area (Å²) in [6.45, 7) is 0.258. The van der Waals surface area contributed by atoms with Gasteiger partial charge in [-0.1, -0.05) is 25.0 Å². The summed E-state index contributed by atoms with van der Waals surface area (Å²) in [6, 6.07) is 6.33. The Labute approximate surface area is 128 Å². The van der Waals surface area contributed by atoms with Gasteiger partial charge in [0.15, 0.2) is 0 Å². The van der Waals surface area contributed by atoms with Crippen molar-refractivity contribution >= 4 is 17.3 Å². The van der Waals surface area contributed by atoms with Crippen molar-refractivity contribution in [1.82, 2.24) is 5.32 Å². The molecular formula is C15H21N3O4. The van der Waals surface area contributed by atoms with Crippen LogP contribution in [0.25, 0.3) is 0 Å². The average molecular weight is 307 g/mol. The molecule has 0 unspecified atom stereocenters. The first kappa shape index (κ1) is 16.2. The summed E-state index contributed by atoms with van der Waals surface area (Å²) in [4.78, 5) is 22.4. The zero-order valence-corrected chi connectivity index (χ0v) is 12.4. The topological polar surface area (TPSA) is 104 Å². The lowest BCUT2D eigenvalue weighted by molar-refractivity contribution is -0.384. The molecular weight excluding hydrogens is 286 g/mol. The van der Waals surface area contributed by atoms with Crippen molar-refractivity contribution in [2.24, 2.45) is 0 Å². The van der Waals surface area contributed by atoms with E-state index in [1.807, 2.05) is 0 Å². The van der Waals surface area contributed by atoms with Crippen LogP contribution in [0.1, 0.15) is 32.1 Å². The Morgan fingerprint density at radius 2 is 2.00 bits per heavy atom. The number of anilines is 1. The first-order valence-corrected chi connectivity index (χ1v) is 7.45. The molecule has 1 aromatic rings. The van der Waals surface area contributed by atoms with Crippen LogP contribution in [0.5, 0.6) is 0 Å². The Bertz CT molecular complexity index is 541. The minimum absolute atomic E-state index is 0.00877. The van der Waals surface area contributed by atoms with Crippen molar-refractivity contribution in [1.29, 1.82) is 0 Å². The van der Waals surface area contributed by atoms with E-state index in [0.29, 0.717) is 12.2 Å². The fraction of sp³-hybridized carbons (Fsp3) is 0.533. The minimum Gasteiger partial charge on any atom is -0.394 e. The van der Waals surface area contributed by atoms with E-state index in [9.17, 15) is 20.0 Å². The lowest BCUT2D eigenvalue weighted by Crippen LogP contribution is -2.49. The monoisotopic (exact) mass is 307 g/mol. The molecule has 1 aliphatic carbocycles. The molecule has 1 fully saturated rings. The van der Waals surface area contributed by atoms with Gasteiger partial charge in [-0.2, -0.15) is 0 Å². The number of nitro benzene ring substituents is 1. The second kappa shape index (κ2) is 7.22. The highest BCUT2D eigenvalue weighted by Gasteiger charge is 2.34. The number of hydrogen-bond acceptors (Lipinski definition) is 5. The lowest BCUT2D eigenvalue weighted by atomic mass is 9.99. The van der Waals surface area contributed by atoms with Crippen LogP contribution in [0.3, 0.4) is 0 Å². The number of nitrogens with one attached hydrogen (secondary N) is 2. The van der Waals surface area contributed by atoms with Gasteiger partial charge in [0.2, 0.25) is 5.91 Å². The molecule has 0 heterocycles. The van der Waals surface area contributed by atoms with Crippen LogP contribution in [0.15, 0.2) is 24.3 Å². The minimum atomic E-state index is -0.476. The number of aliphatic hydroxyl groups excluding tert-OH is 1. The van der Waals surface area contributed by atoms with Gasteiger partial charge in [-0.15, -0.1) is 0 Å². The molecule has 1 amide bonds. The van der Waals surface area contributed by atoms with Crippen molar-refractivity contribution in [3.05, 3.63) is 34.4 Å². The maximum Gasteiger partial charge on any atom is 0.292 e. The van der Waals surface area contributed by atoms with E-state index < -0.39 is 10.5 Å². The standard InChI is InChI=1S/C15H21N3O4/c19-11-15(8-3-4-9-15)17-14(20)7-10-16-12-5-1-2-6-13(12)18(21)22/h1-2,5-6,16,19H,3-4,7-11H2,(H,17,20). The number of rotatable bonds is 7. The number of hydrogen-bond donors (Lipinski definition) is 3. The molecule has 1 saturated carbocycles. The number of nitro groups is 1. The highest BCUT2D eigenvalue weighted by atomic mass is 16.6. The van der Waals surface area contributed by atoms with Crippen LogP contribution in [0, 0.1) is 10.1 Å². The van der Waals surface area contributed by atoms with Crippen LogP contribution in [-0.2, 0) is 4.79 Å². The van der Waals surface area contributed by atoms with Gasteiger partial charge in [0.25, 0.3) is 5.69 Å². The number of para-hydroxylation sites is 2. The predicted octanol–water partition coefficient (Wildman–Crippen LogP) is 1.82. The number of aliphatic hydroxyl groups is 1. The van der Waals surface area contributed by atoms with E-state index in [0.717, 1.165) is 25.7 Å². The third kappa shape index (κ3) is 3.94. The Morgan fingerprint density at radius 1 is 1.32 bits per heavy atom. The summed E-state index contributed by atoms with van der Waals surface area (Å²) >= 11 is 0. The Balaban J connectivity index is 1.84. The number of carbonyl (C=O) groups is 1. The zero-order chi connectivity index (χ0) is 16.0. The molecule has 0 radical (unpaired) electrons. The molecule has 120 valence electrons. The molecule has 1 aromatic carbocycles. The van der Waals surface area contributed by atoms with Gasteiger partial charge < -0.3 is 15.7 Å². The zero-order valence-electron chi connectivity index (χ0n) is 12.4. The molecule has 22 heavy (non-hydrogen) atoms. The van der Waals surface area contributed by atoms with Gasteiger partial charge in [-0.05, 0) is 18.9 Å². The van der Waals surface area contributed by atoms with E-state index in [1.165, 1.54) is 6.07 Å². The quantitative estimate of drug-likeness (QED) is 0.526. The fourth-order valence-electron chi connectivity index (χ4n) is 2.83. The number of benzene rings is 1. The van der Waals surface area contributed by atoms with Crippen molar-refractivity contribution in [3.8, 4) is 0 Å².